The van der Waals surface area contributed by atoms with Gasteiger partial charge in [0.1, 0.15) is 11.5 Å². The molecule has 7 nitrogen and oxygen atoms in total. The molecule has 3 aromatic rings. The summed E-state index contributed by atoms with van der Waals surface area (Å²) in [5, 5.41) is 2.80. The van der Waals surface area contributed by atoms with Crippen molar-refractivity contribution in [3.8, 4) is 11.5 Å². The Balaban J connectivity index is 1.91. The highest BCUT2D eigenvalue weighted by Crippen LogP contribution is 2.29. The minimum Gasteiger partial charge on any atom is -0.496 e. The third-order valence-electron chi connectivity index (χ3n) is 3.79. The molecule has 0 radical (unpaired) electrons. The van der Waals surface area contributed by atoms with Crippen LogP contribution in [0.4, 0.5) is 5.69 Å². The Kier molecular flexibility index (Phi) is 3.99. The third kappa shape index (κ3) is 2.83. The lowest BCUT2D eigenvalue weighted by Gasteiger charge is -2.12. The number of ether oxygens (including phenoxy) is 2. The molecule has 1 aromatic heterocycles. The van der Waals surface area contributed by atoms with Crippen LogP contribution in [0.2, 0.25) is 0 Å². The van der Waals surface area contributed by atoms with E-state index in [4.69, 9.17) is 9.47 Å². The van der Waals surface area contributed by atoms with Gasteiger partial charge in [-0.05, 0) is 37.3 Å². The number of carbonyl (C=O) groups is 1. The van der Waals surface area contributed by atoms with Crippen LogP contribution in [0.5, 0.6) is 11.5 Å². The molecule has 3 N–H and O–H groups in total. The first-order chi connectivity index (χ1) is 11.5. The van der Waals surface area contributed by atoms with Crippen LogP contribution in [0, 0.1) is 6.92 Å². The van der Waals surface area contributed by atoms with Crippen LogP contribution in [0.15, 0.2) is 35.1 Å². The van der Waals surface area contributed by atoms with Gasteiger partial charge >= 0.3 is 5.69 Å². The molecule has 3 rings (SSSR count). The molecule has 0 bridgehead atoms. The number of imidazole rings is 1. The van der Waals surface area contributed by atoms with Gasteiger partial charge in [-0.2, -0.15) is 0 Å². The van der Waals surface area contributed by atoms with Crippen molar-refractivity contribution in [3.63, 3.8) is 0 Å². The molecule has 0 fully saturated rings. The molecule has 1 heterocycles. The van der Waals surface area contributed by atoms with Crippen LogP contribution in [-0.2, 0) is 0 Å². The highest BCUT2D eigenvalue weighted by molar-refractivity contribution is 6.05. The molecule has 1 amide bonds. The zero-order chi connectivity index (χ0) is 17.3. The summed E-state index contributed by atoms with van der Waals surface area (Å²) in [5.74, 6) is 0.846. The average molecular weight is 327 g/mol. The number of benzene rings is 2. The van der Waals surface area contributed by atoms with Crippen LogP contribution in [0.3, 0.4) is 0 Å². The Labute approximate surface area is 137 Å². The third-order valence-corrected chi connectivity index (χ3v) is 3.79. The topological polar surface area (TPSA) is 96.2 Å². The zero-order valence-corrected chi connectivity index (χ0v) is 13.5. The van der Waals surface area contributed by atoms with E-state index in [9.17, 15) is 9.59 Å². The van der Waals surface area contributed by atoms with Crippen molar-refractivity contribution in [2.24, 2.45) is 0 Å². The molecule has 7 heteroatoms. The Bertz CT molecular complexity index is 946. The van der Waals surface area contributed by atoms with Gasteiger partial charge in [0, 0.05) is 16.8 Å². The van der Waals surface area contributed by atoms with Crippen molar-refractivity contribution in [3.05, 3.63) is 51.9 Å². The van der Waals surface area contributed by atoms with E-state index in [2.05, 4.69) is 15.3 Å². The van der Waals surface area contributed by atoms with E-state index < -0.39 is 0 Å². The number of H-pyrrole nitrogens is 2. The minimum atomic E-state index is -0.302. The van der Waals surface area contributed by atoms with E-state index in [-0.39, 0.29) is 11.6 Å². The van der Waals surface area contributed by atoms with Crippen molar-refractivity contribution in [2.75, 3.05) is 19.5 Å². The van der Waals surface area contributed by atoms with Crippen LogP contribution in [0.1, 0.15) is 15.9 Å². The van der Waals surface area contributed by atoms with Gasteiger partial charge in [-0.25, -0.2) is 4.79 Å². The summed E-state index contributed by atoms with van der Waals surface area (Å²) in [6.45, 7) is 1.86. The maximum Gasteiger partial charge on any atom is 0.323 e. The first-order valence-electron chi connectivity index (χ1n) is 7.28. The summed E-state index contributed by atoms with van der Waals surface area (Å²) in [6.07, 6.45) is 0. The van der Waals surface area contributed by atoms with E-state index in [0.29, 0.717) is 33.8 Å². The average Bonchev–Trinajstić information content (AvgIpc) is 2.94. The van der Waals surface area contributed by atoms with Gasteiger partial charge in [-0.3, -0.25) is 4.79 Å². The summed E-state index contributed by atoms with van der Waals surface area (Å²) in [4.78, 5) is 29.1. The van der Waals surface area contributed by atoms with E-state index in [1.807, 2.05) is 6.92 Å². The monoisotopic (exact) mass is 327 g/mol. The molecule has 0 atom stereocenters. The fourth-order valence-electron chi connectivity index (χ4n) is 2.53. The second-order valence-electron chi connectivity index (χ2n) is 5.30. The normalized spacial score (nSPS) is 10.6. The van der Waals surface area contributed by atoms with Gasteiger partial charge in [-0.15, -0.1) is 0 Å². The second kappa shape index (κ2) is 6.11. The summed E-state index contributed by atoms with van der Waals surface area (Å²) < 4.78 is 10.6. The predicted molar refractivity (Wildman–Crippen MR) is 91.2 cm³/mol. The molecule has 2 aromatic carbocycles. The largest absolute Gasteiger partial charge is 0.496 e. The van der Waals surface area contributed by atoms with E-state index in [0.717, 1.165) is 5.56 Å². The lowest BCUT2D eigenvalue weighted by Crippen LogP contribution is -2.12. The molecule has 24 heavy (non-hydrogen) atoms. The van der Waals surface area contributed by atoms with Crippen LogP contribution >= 0.6 is 0 Å². The Hall–Kier alpha value is -3.22. The molecular formula is C17H17N3O4. The molecule has 0 saturated heterocycles. The van der Waals surface area contributed by atoms with Gasteiger partial charge in [0.2, 0.25) is 0 Å². The molecule has 0 saturated carbocycles. The van der Waals surface area contributed by atoms with Crippen molar-refractivity contribution in [1.82, 2.24) is 9.97 Å². The molecule has 124 valence electrons. The van der Waals surface area contributed by atoms with Gasteiger partial charge in [0.25, 0.3) is 5.91 Å². The number of methoxy groups -OCH3 is 2. The smallest absolute Gasteiger partial charge is 0.323 e. The summed E-state index contributed by atoms with van der Waals surface area (Å²) in [5.41, 5.74) is 2.82. The van der Waals surface area contributed by atoms with Crippen molar-refractivity contribution in [1.29, 1.82) is 0 Å². The number of anilines is 1. The van der Waals surface area contributed by atoms with Crippen molar-refractivity contribution < 1.29 is 14.3 Å². The van der Waals surface area contributed by atoms with E-state index in [1.165, 1.54) is 0 Å². The first kappa shape index (κ1) is 15.7. The minimum absolute atomic E-state index is 0.290. The highest BCUT2D eigenvalue weighted by Gasteiger charge is 2.14. The van der Waals surface area contributed by atoms with Gasteiger partial charge in [-0.1, -0.05) is 0 Å². The van der Waals surface area contributed by atoms with Crippen LogP contribution in [0.25, 0.3) is 11.0 Å². The first-order valence-corrected chi connectivity index (χ1v) is 7.28. The Morgan fingerprint density at radius 1 is 1.00 bits per heavy atom. The molecule has 0 aliphatic heterocycles. The van der Waals surface area contributed by atoms with Crippen molar-refractivity contribution in [2.45, 2.75) is 6.92 Å². The number of hydrogen-bond donors (Lipinski definition) is 3. The standard InChI is InChI=1S/C17H17N3O4/c1-9-14(23-2)6-10(7-15(9)24-3)16(21)18-11-4-5-12-13(8-11)20-17(22)19-12/h4-8H,1-3H3,(H,18,21)(H2,19,20,22). The lowest BCUT2D eigenvalue weighted by atomic mass is 10.1. The van der Waals surface area contributed by atoms with Crippen LogP contribution < -0.4 is 20.5 Å². The number of hydrogen-bond acceptors (Lipinski definition) is 4. The van der Waals surface area contributed by atoms with Gasteiger partial charge < -0.3 is 24.8 Å². The Morgan fingerprint density at radius 2 is 1.62 bits per heavy atom. The Morgan fingerprint density at radius 3 is 2.25 bits per heavy atom. The number of amides is 1. The number of fused-ring (bicyclic) bond motifs is 1. The van der Waals surface area contributed by atoms with E-state index >= 15 is 0 Å². The lowest BCUT2D eigenvalue weighted by molar-refractivity contribution is 0.102. The fourth-order valence-corrected chi connectivity index (χ4v) is 2.53. The molecule has 0 aliphatic carbocycles. The number of nitrogens with one attached hydrogen (secondary N) is 3. The quantitative estimate of drug-likeness (QED) is 0.686. The van der Waals surface area contributed by atoms with E-state index in [1.54, 1.807) is 44.6 Å². The summed E-state index contributed by atoms with van der Waals surface area (Å²) in [7, 11) is 3.08. The number of rotatable bonds is 4. The number of aromatic amines is 2. The number of carbonyl (C=O) groups excluding carboxylic acids is 1. The molecule has 0 spiro atoms. The fraction of sp³-hybridized carbons (Fsp3) is 0.176. The summed E-state index contributed by atoms with van der Waals surface area (Å²) >= 11 is 0. The maximum atomic E-state index is 12.5. The highest BCUT2D eigenvalue weighted by atomic mass is 16.5. The molecular weight excluding hydrogens is 310 g/mol. The maximum absolute atomic E-state index is 12.5. The number of aromatic nitrogens is 2. The van der Waals surface area contributed by atoms with Gasteiger partial charge in [0.05, 0.1) is 25.3 Å². The van der Waals surface area contributed by atoms with Gasteiger partial charge in [0.15, 0.2) is 0 Å². The molecule has 0 aliphatic rings. The predicted octanol–water partition coefficient (Wildman–Crippen LogP) is 2.43. The van der Waals surface area contributed by atoms with Crippen LogP contribution in [-0.4, -0.2) is 30.1 Å². The summed E-state index contributed by atoms with van der Waals surface area (Å²) in [6, 6.07) is 8.44. The van der Waals surface area contributed by atoms with Crippen molar-refractivity contribution >= 4 is 22.6 Å². The molecule has 0 unspecified atom stereocenters. The SMILES string of the molecule is COc1cc(C(=O)Nc2ccc3[nH]c(=O)[nH]c3c2)cc(OC)c1C. The second-order valence-corrected chi connectivity index (χ2v) is 5.30. The zero-order valence-electron chi connectivity index (χ0n) is 13.5.